The van der Waals surface area contributed by atoms with Crippen LogP contribution in [0.3, 0.4) is 0 Å². The van der Waals surface area contributed by atoms with Crippen molar-refractivity contribution in [3.63, 3.8) is 0 Å². The standard InChI is InChI=1S/C23H25N5O5S/c1-14(2)24-21(30)13-27-22(31)19(34-23(27)25-16-7-5-4-6-8-16)12-20(29)26-17-10-9-15(3)11-18(17)28(32)33/h4-11,14,19H,12-13H2,1-3H3,(H,24,30)(H,26,29). The second-order valence-corrected chi connectivity index (χ2v) is 9.18. The monoisotopic (exact) mass is 483 g/mol. The molecule has 1 atom stereocenters. The van der Waals surface area contributed by atoms with Gasteiger partial charge in [-0.1, -0.05) is 36.0 Å². The van der Waals surface area contributed by atoms with Crippen LogP contribution >= 0.6 is 11.8 Å². The summed E-state index contributed by atoms with van der Waals surface area (Å²) >= 11 is 1.09. The number of hydrogen-bond donors (Lipinski definition) is 2. The number of thioether (sulfide) groups is 1. The molecule has 0 aliphatic carbocycles. The SMILES string of the molecule is Cc1ccc(NC(=O)CC2SC(=Nc3ccccc3)N(CC(=O)NC(C)C)C2=O)c([N+](=O)[O-])c1. The van der Waals surface area contributed by atoms with Gasteiger partial charge in [-0.25, -0.2) is 4.99 Å². The van der Waals surface area contributed by atoms with E-state index in [-0.39, 0.29) is 36.3 Å². The zero-order valence-electron chi connectivity index (χ0n) is 19.0. The lowest BCUT2D eigenvalue weighted by molar-refractivity contribution is -0.384. The van der Waals surface area contributed by atoms with Gasteiger partial charge in [0, 0.05) is 18.5 Å². The van der Waals surface area contributed by atoms with Crippen molar-refractivity contribution in [3.8, 4) is 0 Å². The van der Waals surface area contributed by atoms with Gasteiger partial charge in [-0.05, 0) is 44.5 Å². The maximum Gasteiger partial charge on any atom is 0.293 e. The van der Waals surface area contributed by atoms with E-state index in [4.69, 9.17) is 0 Å². The molecule has 0 spiro atoms. The average Bonchev–Trinajstić information content (AvgIpc) is 3.03. The van der Waals surface area contributed by atoms with E-state index in [0.717, 1.165) is 11.8 Å². The Hall–Kier alpha value is -3.73. The molecule has 1 fully saturated rings. The van der Waals surface area contributed by atoms with Crippen LogP contribution in [0.25, 0.3) is 0 Å². The molecule has 1 aliphatic rings. The van der Waals surface area contributed by atoms with E-state index in [1.165, 1.54) is 17.0 Å². The van der Waals surface area contributed by atoms with Gasteiger partial charge >= 0.3 is 0 Å². The van der Waals surface area contributed by atoms with Gasteiger partial charge in [-0.3, -0.25) is 29.4 Å². The Kier molecular flexibility index (Phi) is 8.00. The van der Waals surface area contributed by atoms with Gasteiger partial charge in [0.1, 0.15) is 17.5 Å². The zero-order chi connectivity index (χ0) is 24.8. The fourth-order valence-electron chi connectivity index (χ4n) is 3.26. The van der Waals surface area contributed by atoms with Crippen molar-refractivity contribution in [1.82, 2.24) is 10.2 Å². The molecule has 1 unspecified atom stereocenters. The van der Waals surface area contributed by atoms with Crippen LogP contribution < -0.4 is 10.6 Å². The number of nitrogens with zero attached hydrogens (tertiary/aromatic N) is 3. The van der Waals surface area contributed by atoms with E-state index < -0.39 is 22.0 Å². The number of rotatable bonds is 8. The Morgan fingerprint density at radius 2 is 1.88 bits per heavy atom. The first-order valence-electron chi connectivity index (χ1n) is 10.6. The molecule has 1 aliphatic heterocycles. The molecule has 2 N–H and O–H groups in total. The highest BCUT2D eigenvalue weighted by Gasteiger charge is 2.40. The summed E-state index contributed by atoms with van der Waals surface area (Å²) in [5.74, 6) is -1.32. The second-order valence-electron chi connectivity index (χ2n) is 8.01. The number of carbonyl (C=O) groups excluding carboxylic acids is 3. The molecule has 10 nitrogen and oxygen atoms in total. The van der Waals surface area contributed by atoms with Gasteiger partial charge in [-0.2, -0.15) is 0 Å². The number of amidine groups is 1. The molecule has 0 radical (unpaired) electrons. The van der Waals surface area contributed by atoms with Crippen molar-refractivity contribution in [1.29, 1.82) is 0 Å². The lowest BCUT2D eigenvalue weighted by Crippen LogP contribution is -2.43. The summed E-state index contributed by atoms with van der Waals surface area (Å²) in [5.41, 5.74) is 1.12. The number of para-hydroxylation sites is 1. The maximum absolute atomic E-state index is 13.1. The number of nitrogens with one attached hydrogen (secondary N) is 2. The van der Waals surface area contributed by atoms with Crippen molar-refractivity contribution in [2.45, 2.75) is 38.5 Å². The third-order valence-corrected chi connectivity index (χ3v) is 5.92. The summed E-state index contributed by atoms with van der Waals surface area (Å²) in [6, 6.07) is 13.3. The fourth-order valence-corrected chi connectivity index (χ4v) is 4.42. The van der Waals surface area contributed by atoms with Crippen molar-refractivity contribution < 1.29 is 19.3 Å². The predicted molar refractivity (Wildman–Crippen MR) is 131 cm³/mol. The number of aryl methyl sites for hydroxylation is 1. The van der Waals surface area contributed by atoms with Crippen LogP contribution in [0.2, 0.25) is 0 Å². The third kappa shape index (κ3) is 6.41. The minimum atomic E-state index is -0.821. The minimum Gasteiger partial charge on any atom is -0.352 e. The molecular weight excluding hydrogens is 458 g/mol. The van der Waals surface area contributed by atoms with Crippen molar-refractivity contribution >= 4 is 51.7 Å². The first-order chi connectivity index (χ1) is 16.1. The molecular formula is C23H25N5O5S. The summed E-state index contributed by atoms with van der Waals surface area (Å²) in [6.07, 6.45) is -0.232. The number of aliphatic imine (C=N–C) groups is 1. The van der Waals surface area contributed by atoms with E-state index >= 15 is 0 Å². The Labute approximate surface area is 201 Å². The van der Waals surface area contributed by atoms with Gasteiger partial charge in [0.05, 0.1) is 10.6 Å². The molecule has 0 aromatic heterocycles. The Bertz CT molecular complexity index is 1140. The fraction of sp³-hybridized carbons (Fsp3) is 0.304. The van der Waals surface area contributed by atoms with Gasteiger partial charge in [0.2, 0.25) is 17.7 Å². The van der Waals surface area contributed by atoms with Crippen LogP contribution in [0.4, 0.5) is 17.1 Å². The number of amides is 3. The first-order valence-corrected chi connectivity index (χ1v) is 11.5. The van der Waals surface area contributed by atoms with E-state index in [1.54, 1.807) is 37.3 Å². The van der Waals surface area contributed by atoms with Crippen LogP contribution in [0.1, 0.15) is 25.8 Å². The summed E-state index contributed by atoms with van der Waals surface area (Å²) in [5, 5.41) is 16.1. The first kappa shape index (κ1) is 24.9. The number of carbonyl (C=O) groups is 3. The van der Waals surface area contributed by atoms with Crippen LogP contribution in [0.5, 0.6) is 0 Å². The largest absolute Gasteiger partial charge is 0.352 e. The summed E-state index contributed by atoms with van der Waals surface area (Å²) in [4.78, 5) is 54.6. The third-order valence-electron chi connectivity index (χ3n) is 4.75. The van der Waals surface area contributed by atoms with Crippen LogP contribution in [0.15, 0.2) is 53.5 Å². The van der Waals surface area contributed by atoms with Crippen LogP contribution in [-0.4, -0.2) is 50.5 Å². The minimum absolute atomic E-state index is 0.0578. The van der Waals surface area contributed by atoms with E-state index in [9.17, 15) is 24.5 Å². The zero-order valence-corrected chi connectivity index (χ0v) is 19.8. The molecule has 1 saturated heterocycles. The highest BCUT2D eigenvalue weighted by molar-refractivity contribution is 8.15. The summed E-state index contributed by atoms with van der Waals surface area (Å²) < 4.78 is 0. The summed E-state index contributed by atoms with van der Waals surface area (Å²) in [7, 11) is 0. The van der Waals surface area contributed by atoms with Gasteiger partial charge < -0.3 is 10.6 Å². The number of nitro benzene ring substituents is 1. The van der Waals surface area contributed by atoms with Gasteiger partial charge in [0.25, 0.3) is 5.69 Å². The normalized spacial score (nSPS) is 16.7. The lowest BCUT2D eigenvalue weighted by atomic mass is 10.2. The number of nitro groups is 1. The molecule has 0 saturated carbocycles. The highest BCUT2D eigenvalue weighted by Crippen LogP contribution is 2.32. The van der Waals surface area contributed by atoms with E-state index in [1.807, 2.05) is 19.9 Å². The smallest absolute Gasteiger partial charge is 0.293 e. The molecule has 11 heteroatoms. The average molecular weight is 484 g/mol. The highest BCUT2D eigenvalue weighted by atomic mass is 32.2. The van der Waals surface area contributed by atoms with Crippen LogP contribution in [0, 0.1) is 17.0 Å². The Morgan fingerprint density at radius 3 is 2.53 bits per heavy atom. The molecule has 34 heavy (non-hydrogen) atoms. The number of hydrogen-bond acceptors (Lipinski definition) is 7. The quantitative estimate of drug-likeness (QED) is 0.437. The maximum atomic E-state index is 13.1. The molecule has 3 rings (SSSR count). The molecule has 0 bridgehead atoms. The van der Waals surface area contributed by atoms with Crippen LogP contribution in [-0.2, 0) is 14.4 Å². The molecule has 1 heterocycles. The molecule has 2 aromatic carbocycles. The predicted octanol–water partition coefficient (Wildman–Crippen LogP) is 3.39. The molecule has 3 amide bonds. The van der Waals surface area contributed by atoms with Gasteiger partial charge in [0.15, 0.2) is 5.17 Å². The second kappa shape index (κ2) is 10.9. The van der Waals surface area contributed by atoms with Crippen molar-refractivity contribution in [2.24, 2.45) is 4.99 Å². The van der Waals surface area contributed by atoms with Gasteiger partial charge in [-0.15, -0.1) is 0 Å². The van der Waals surface area contributed by atoms with E-state index in [0.29, 0.717) is 16.4 Å². The lowest BCUT2D eigenvalue weighted by Gasteiger charge is -2.17. The molecule has 2 aromatic rings. The van der Waals surface area contributed by atoms with E-state index in [2.05, 4.69) is 15.6 Å². The van der Waals surface area contributed by atoms with Crippen molar-refractivity contribution in [2.75, 3.05) is 11.9 Å². The Morgan fingerprint density at radius 1 is 1.18 bits per heavy atom. The topological polar surface area (TPSA) is 134 Å². The Balaban J connectivity index is 1.78. The summed E-state index contributed by atoms with van der Waals surface area (Å²) in [6.45, 7) is 5.12. The number of anilines is 1. The molecule has 178 valence electrons. The number of benzene rings is 2. The van der Waals surface area contributed by atoms with Crippen molar-refractivity contribution in [3.05, 3.63) is 64.2 Å².